The van der Waals surface area contributed by atoms with Crippen LogP contribution >= 0.6 is 22.6 Å². The minimum absolute atomic E-state index is 0.109. The van der Waals surface area contributed by atoms with Crippen LogP contribution in [0.15, 0.2) is 36.4 Å². The fourth-order valence-corrected chi connectivity index (χ4v) is 3.42. The van der Waals surface area contributed by atoms with E-state index >= 15 is 0 Å². The third-order valence-corrected chi connectivity index (χ3v) is 4.45. The fraction of sp³-hybridized carbons (Fsp3) is 0.150. The van der Waals surface area contributed by atoms with Crippen LogP contribution in [0, 0.1) is 15.9 Å². The normalized spacial score (nSPS) is 14.0. The molecule has 1 N–H and O–H groups in total. The maximum Gasteiger partial charge on any atom is 0.256 e. The smallest absolute Gasteiger partial charge is 0.256 e. The van der Waals surface area contributed by atoms with Crippen molar-refractivity contribution in [1.29, 1.82) is 0 Å². The van der Waals surface area contributed by atoms with E-state index in [1.54, 1.807) is 0 Å². The summed E-state index contributed by atoms with van der Waals surface area (Å²) in [5.41, 5.74) is 3.22. The lowest BCUT2D eigenvalue weighted by Crippen LogP contribution is -2.04. The molecule has 0 fully saturated rings. The van der Waals surface area contributed by atoms with E-state index in [0.29, 0.717) is 23.7 Å². The maximum atomic E-state index is 12.3. The number of carbonyl (C=O) groups is 1. The lowest BCUT2D eigenvalue weighted by atomic mass is 10.0. The number of benzene rings is 2. The van der Waals surface area contributed by atoms with Gasteiger partial charge in [0, 0.05) is 16.8 Å². The van der Waals surface area contributed by atoms with E-state index in [1.807, 2.05) is 49.4 Å². The second kappa shape index (κ2) is 7.62. The minimum atomic E-state index is -0.109. The number of hydrogen-bond donors (Lipinski definition) is 1. The summed E-state index contributed by atoms with van der Waals surface area (Å²) in [6, 6.07) is 11.4. The van der Waals surface area contributed by atoms with Crippen LogP contribution in [-0.2, 0) is 4.79 Å². The summed E-state index contributed by atoms with van der Waals surface area (Å²) in [7, 11) is 0. The Kier molecular flexibility index (Phi) is 5.29. The Morgan fingerprint density at radius 1 is 1.28 bits per heavy atom. The van der Waals surface area contributed by atoms with Crippen molar-refractivity contribution in [2.45, 2.75) is 6.92 Å². The van der Waals surface area contributed by atoms with Crippen LogP contribution in [0.3, 0.4) is 0 Å². The third kappa shape index (κ3) is 3.64. The number of carbonyl (C=O) groups excluding carboxylic acids is 1. The van der Waals surface area contributed by atoms with Crippen LogP contribution in [0.4, 0.5) is 5.69 Å². The zero-order valence-corrected chi connectivity index (χ0v) is 15.8. The van der Waals surface area contributed by atoms with Crippen LogP contribution in [0.2, 0.25) is 0 Å². The lowest BCUT2D eigenvalue weighted by Gasteiger charge is -2.13. The van der Waals surface area contributed by atoms with Gasteiger partial charge in [-0.3, -0.25) is 4.79 Å². The Hall–Kier alpha value is -2.46. The fourth-order valence-electron chi connectivity index (χ4n) is 2.64. The first kappa shape index (κ1) is 17.4. The predicted molar refractivity (Wildman–Crippen MR) is 108 cm³/mol. The molecule has 3 rings (SSSR count). The Bertz CT molecular complexity index is 896. The Labute approximate surface area is 160 Å². The number of amides is 1. The molecule has 2 aromatic rings. The number of para-hydroxylation sites is 1. The summed E-state index contributed by atoms with van der Waals surface area (Å²) in [5, 5.41) is 2.87. The van der Waals surface area contributed by atoms with Crippen molar-refractivity contribution in [3.63, 3.8) is 0 Å². The van der Waals surface area contributed by atoms with Crippen molar-refractivity contribution in [3.05, 3.63) is 51.1 Å². The number of fused-ring (bicyclic) bond motifs is 1. The van der Waals surface area contributed by atoms with Gasteiger partial charge in [-0.1, -0.05) is 24.1 Å². The summed E-state index contributed by atoms with van der Waals surface area (Å²) < 4.78 is 12.2. The molecule has 4 nitrogen and oxygen atoms in total. The van der Waals surface area contributed by atoms with Crippen molar-refractivity contribution in [1.82, 2.24) is 0 Å². The molecule has 1 aliphatic rings. The molecule has 5 heteroatoms. The number of hydrogen-bond acceptors (Lipinski definition) is 3. The topological polar surface area (TPSA) is 47.6 Å². The number of nitrogens with one attached hydrogen (secondary N) is 1. The quantitative estimate of drug-likeness (QED) is 0.427. The highest BCUT2D eigenvalue weighted by Gasteiger charge is 2.23. The maximum absolute atomic E-state index is 12.3. The highest BCUT2D eigenvalue weighted by Crippen LogP contribution is 2.37. The largest absolute Gasteiger partial charge is 0.490 e. The first-order valence-electron chi connectivity index (χ1n) is 7.79. The van der Waals surface area contributed by atoms with E-state index < -0.39 is 0 Å². The van der Waals surface area contributed by atoms with Crippen LogP contribution in [0.25, 0.3) is 11.6 Å². The van der Waals surface area contributed by atoms with E-state index in [1.165, 1.54) is 0 Å². The number of terminal acetylenes is 1. The molecular formula is C20H16INO3. The summed E-state index contributed by atoms with van der Waals surface area (Å²) in [4.78, 5) is 12.3. The van der Waals surface area contributed by atoms with Crippen LogP contribution in [0.5, 0.6) is 11.5 Å². The zero-order chi connectivity index (χ0) is 17.8. The average molecular weight is 445 g/mol. The molecule has 0 bridgehead atoms. The third-order valence-electron chi connectivity index (χ3n) is 3.65. The highest BCUT2D eigenvalue weighted by molar-refractivity contribution is 14.1. The molecule has 0 aliphatic carbocycles. The molecule has 0 saturated heterocycles. The molecule has 2 aromatic carbocycles. The van der Waals surface area contributed by atoms with Gasteiger partial charge in [-0.25, -0.2) is 0 Å². The predicted octanol–water partition coefficient (Wildman–Crippen LogP) is 4.19. The van der Waals surface area contributed by atoms with Gasteiger partial charge < -0.3 is 14.8 Å². The number of ether oxygens (including phenoxy) is 2. The first-order chi connectivity index (χ1) is 12.1. The van der Waals surface area contributed by atoms with Gasteiger partial charge in [-0.15, -0.1) is 6.42 Å². The van der Waals surface area contributed by atoms with Crippen molar-refractivity contribution in [2.75, 3.05) is 18.5 Å². The summed E-state index contributed by atoms with van der Waals surface area (Å²) in [6.45, 7) is 2.59. The van der Waals surface area contributed by atoms with E-state index in [2.05, 4.69) is 33.8 Å². The summed E-state index contributed by atoms with van der Waals surface area (Å²) >= 11 is 2.18. The van der Waals surface area contributed by atoms with Crippen molar-refractivity contribution in [2.24, 2.45) is 0 Å². The van der Waals surface area contributed by atoms with Gasteiger partial charge in [-0.05, 0) is 59.4 Å². The van der Waals surface area contributed by atoms with Crippen molar-refractivity contribution >= 4 is 45.8 Å². The van der Waals surface area contributed by atoms with Crippen LogP contribution < -0.4 is 14.8 Å². The Balaban J connectivity index is 2.04. The van der Waals surface area contributed by atoms with Gasteiger partial charge in [-0.2, -0.15) is 0 Å². The molecule has 0 unspecified atom stereocenters. The SMILES string of the molecule is C#CCOc1c(I)cc(C=C2C(=O)Nc3ccccc32)cc1OCC. The van der Waals surface area contributed by atoms with Gasteiger partial charge >= 0.3 is 0 Å². The van der Waals surface area contributed by atoms with Gasteiger partial charge in [0.2, 0.25) is 0 Å². The van der Waals surface area contributed by atoms with Crippen LogP contribution in [-0.4, -0.2) is 19.1 Å². The number of anilines is 1. The molecule has 0 radical (unpaired) electrons. The first-order valence-corrected chi connectivity index (χ1v) is 8.87. The molecule has 0 atom stereocenters. The molecule has 25 heavy (non-hydrogen) atoms. The standard InChI is InChI=1S/C20H16INO3/c1-3-9-25-19-16(21)11-13(12-18(19)24-4-2)10-15-14-7-5-6-8-17(14)22-20(15)23/h1,5-8,10-12H,4,9H2,2H3,(H,22,23). The molecular weight excluding hydrogens is 429 g/mol. The highest BCUT2D eigenvalue weighted by atomic mass is 127. The van der Waals surface area contributed by atoms with Gasteiger partial charge in [0.15, 0.2) is 11.5 Å². The molecule has 0 spiro atoms. The summed E-state index contributed by atoms with van der Waals surface area (Å²) in [5.74, 6) is 3.59. The molecule has 0 aromatic heterocycles. The zero-order valence-electron chi connectivity index (χ0n) is 13.6. The molecule has 0 saturated carbocycles. The van der Waals surface area contributed by atoms with Crippen molar-refractivity contribution < 1.29 is 14.3 Å². The van der Waals surface area contributed by atoms with E-state index in [4.69, 9.17) is 15.9 Å². The molecule has 1 heterocycles. The van der Waals surface area contributed by atoms with E-state index in [9.17, 15) is 4.79 Å². The van der Waals surface area contributed by atoms with Gasteiger partial charge in [0.25, 0.3) is 5.91 Å². The average Bonchev–Trinajstić information content (AvgIpc) is 2.90. The monoisotopic (exact) mass is 445 g/mol. The molecule has 126 valence electrons. The summed E-state index contributed by atoms with van der Waals surface area (Å²) in [6.07, 6.45) is 7.14. The second-order valence-electron chi connectivity index (χ2n) is 5.31. The number of rotatable bonds is 5. The van der Waals surface area contributed by atoms with E-state index in [0.717, 1.165) is 20.4 Å². The Morgan fingerprint density at radius 3 is 2.84 bits per heavy atom. The van der Waals surface area contributed by atoms with E-state index in [-0.39, 0.29) is 12.5 Å². The van der Waals surface area contributed by atoms with Crippen molar-refractivity contribution in [3.8, 4) is 23.8 Å². The van der Waals surface area contributed by atoms with Crippen LogP contribution in [0.1, 0.15) is 18.1 Å². The van der Waals surface area contributed by atoms with Gasteiger partial charge in [0.05, 0.1) is 10.2 Å². The second-order valence-corrected chi connectivity index (χ2v) is 6.48. The van der Waals surface area contributed by atoms with Gasteiger partial charge in [0.1, 0.15) is 6.61 Å². The lowest BCUT2D eigenvalue weighted by molar-refractivity contribution is -0.110. The minimum Gasteiger partial charge on any atom is -0.490 e. The molecule has 1 amide bonds. The molecule has 1 aliphatic heterocycles. The Morgan fingerprint density at radius 2 is 2.08 bits per heavy atom. The number of halogens is 1.